The lowest BCUT2D eigenvalue weighted by Gasteiger charge is -2.39. The first-order chi connectivity index (χ1) is 12.6. The van der Waals surface area contributed by atoms with Gasteiger partial charge in [0.05, 0.1) is 12.6 Å². The number of hydrazine groups is 1. The van der Waals surface area contributed by atoms with Crippen molar-refractivity contribution in [1.29, 1.82) is 0 Å². The monoisotopic (exact) mass is 406 g/mol. The number of hydrogen-bond acceptors (Lipinski definition) is 4. The Hall–Kier alpha value is -1.40. The van der Waals surface area contributed by atoms with E-state index in [0.717, 1.165) is 49.5 Å². The molecule has 4 nitrogen and oxygen atoms in total. The molecular weight excluding hydrogens is 380 g/mol. The molecule has 0 bridgehead atoms. The van der Waals surface area contributed by atoms with Crippen LogP contribution in [0.4, 0.5) is 0 Å². The third-order valence-electron chi connectivity index (χ3n) is 5.58. The van der Waals surface area contributed by atoms with Crippen molar-refractivity contribution in [3.05, 3.63) is 59.2 Å². The van der Waals surface area contributed by atoms with Crippen LogP contribution in [0, 0.1) is 5.92 Å². The summed E-state index contributed by atoms with van der Waals surface area (Å²) in [5, 5.41) is 1.99. The molecule has 4 rings (SSSR count). The fourth-order valence-electron chi connectivity index (χ4n) is 4.39. The fourth-order valence-corrected chi connectivity index (χ4v) is 5.00. The average molecular weight is 407 g/mol. The first-order valence-electron chi connectivity index (χ1n) is 9.32. The number of ether oxygens (including phenoxy) is 1. The molecule has 0 amide bonds. The maximum Gasteiger partial charge on any atom is 0.125 e. The fraction of sp³-hybridized carbons (Fsp3) is 0.429. The molecule has 6 heteroatoms. The lowest BCUT2D eigenvalue weighted by atomic mass is 9.81. The van der Waals surface area contributed by atoms with E-state index in [2.05, 4.69) is 30.3 Å². The summed E-state index contributed by atoms with van der Waals surface area (Å²) in [5.41, 5.74) is 3.66. The Morgan fingerprint density at radius 3 is 2.78 bits per heavy atom. The molecule has 0 aromatic heterocycles. The Labute approximate surface area is 169 Å². The lowest BCUT2D eigenvalue weighted by molar-refractivity contribution is 0.0922. The molecule has 1 unspecified atom stereocenters. The van der Waals surface area contributed by atoms with Crippen LogP contribution in [0.2, 0.25) is 0 Å². The summed E-state index contributed by atoms with van der Waals surface area (Å²) >= 11 is 0. The summed E-state index contributed by atoms with van der Waals surface area (Å²) in [7, 11) is -0.981. The molecule has 0 radical (unpaired) electrons. The Morgan fingerprint density at radius 2 is 2.04 bits per heavy atom. The highest BCUT2D eigenvalue weighted by atomic mass is 35.5. The van der Waals surface area contributed by atoms with Crippen molar-refractivity contribution in [2.75, 3.05) is 19.4 Å². The number of hydrogen-bond donors (Lipinski definition) is 1. The van der Waals surface area contributed by atoms with Crippen LogP contribution < -0.4 is 10.6 Å². The van der Waals surface area contributed by atoms with Gasteiger partial charge in [0.15, 0.2) is 0 Å². The zero-order valence-electron chi connectivity index (χ0n) is 15.6. The number of nitrogens with zero attached hydrogens (tertiary/aromatic N) is 1. The van der Waals surface area contributed by atoms with Gasteiger partial charge in [-0.15, -0.1) is 12.4 Å². The molecule has 1 saturated heterocycles. The second-order valence-corrected chi connectivity index (χ2v) is 8.70. The molecule has 146 valence electrons. The number of nitrogens with two attached hydrogens (primary N) is 1. The van der Waals surface area contributed by atoms with Crippen molar-refractivity contribution < 1.29 is 8.95 Å². The molecule has 2 aliphatic heterocycles. The quantitative estimate of drug-likeness (QED) is 0.787. The van der Waals surface area contributed by atoms with Gasteiger partial charge in [0.25, 0.3) is 0 Å². The van der Waals surface area contributed by atoms with Gasteiger partial charge in [-0.05, 0) is 54.0 Å². The summed E-state index contributed by atoms with van der Waals surface area (Å²) in [4.78, 5) is 0.904. The number of fused-ring (bicyclic) bond motifs is 1. The van der Waals surface area contributed by atoms with Crippen molar-refractivity contribution in [3.8, 4) is 5.75 Å². The van der Waals surface area contributed by atoms with E-state index < -0.39 is 10.8 Å². The van der Waals surface area contributed by atoms with Gasteiger partial charge in [-0.25, -0.2) is 5.01 Å². The highest BCUT2D eigenvalue weighted by Crippen LogP contribution is 2.40. The number of rotatable bonds is 4. The molecule has 2 N–H and O–H groups in total. The van der Waals surface area contributed by atoms with Crippen LogP contribution in [-0.4, -0.2) is 28.6 Å². The van der Waals surface area contributed by atoms with Crippen LogP contribution in [0.1, 0.15) is 35.6 Å². The summed E-state index contributed by atoms with van der Waals surface area (Å²) in [6.45, 7) is 1.64. The molecule has 2 aliphatic rings. The van der Waals surface area contributed by atoms with E-state index >= 15 is 0 Å². The molecule has 0 aliphatic carbocycles. The Morgan fingerprint density at radius 1 is 1.26 bits per heavy atom. The van der Waals surface area contributed by atoms with Gasteiger partial charge >= 0.3 is 0 Å². The van der Waals surface area contributed by atoms with Crippen LogP contribution in [0.3, 0.4) is 0 Å². The van der Waals surface area contributed by atoms with Gasteiger partial charge in [-0.2, -0.15) is 0 Å². The summed E-state index contributed by atoms with van der Waals surface area (Å²) in [5.74, 6) is 7.83. The van der Waals surface area contributed by atoms with Gasteiger partial charge in [-0.3, -0.25) is 10.1 Å². The summed E-state index contributed by atoms with van der Waals surface area (Å²) < 4.78 is 18.0. The second kappa shape index (κ2) is 8.74. The zero-order chi connectivity index (χ0) is 18.1. The zero-order valence-corrected chi connectivity index (χ0v) is 17.2. The maximum absolute atomic E-state index is 12.1. The minimum atomic E-state index is -0.981. The first-order valence-corrected chi connectivity index (χ1v) is 10.9. The van der Waals surface area contributed by atoms with E-state index in [-0.39, 0.29) is 18.4 Å². The van der Waals surface area contributed by atoms with Crippen molar-refractivity contribution in [2.24, 2.45) is 11.8 Å². The third-order valence-corrected chi connectivity index (χ3v) is 6.48. The van der Waals surface area contributed by atoms with Gasteiger partial charge in [0, 0.05) is 34.9 Å². The Bertz CT molecular complexity index is 815. The van der Waals surface area contributed by atoms with Crippen molar-refractivity contribution >= 4 is 23.2 Å². The normalized spacial score (nSPS) is 23.2. The molecule has 2 aromatic carbocycles. The van der Waals surface area contributed by atoms with Crippen molar-refractivity contribution in [3.63, 3.8) is 0 Å². The summed E-state index contributed by atoms with van der Waals surface area (Å²) in [6.07, 6.45) is 5.80. The second-order valence-electron chi connectivity index (χ2n) is 7.32. The van der Waals surface area contributed by atoms with Crippen LogP contribution in [-0.2, 0) is 23.6 Å². The first kappa shape index (κ1) is 20.3. The number of benzene rings is 2. The van der Waals surface area contributed by atoms with E-state index in [1.807, 2.05) is 17.1 Å². The highest BCUT2D eigenvalue weighted by molar-refractivity contribution is 7.84. The number of piperidine rings is 1. The molecular formula is C21H27ClN2O2S. The van der Waals surface area contributed by atoms with E-state index in [1.54, 1.807) is 6.26 Å². The smallest absolute Gasteiger partial charge is 0.125 e. The molecule has 3 atom stereocenters. The van der Waals surface area contributed by atoms with Gasteiger partial charge in [0.2, 0.25) is 0 Å². The molecule has 2 aromatic rings. The minimum absolute atomic E-state index is 0. The number of halogens is 1. The van der Waals surface area contributed by atoms with E-state index in [0.29, 0.717) is 5.92 Å². The van der Waals surface area contributed by atoms with E-state index in [1.165, 1.54) is 16.7 Å². The van der Waals surface area contributed by atoms with Crippen molar-refractivity contribution in [2.45, 2.75) is 36.6 Å². The predicted molar refractivity (Wildman–Crippen MR) is 112 cm³/mol. The standard InChI is InChI=1S/C21H26N2O2S.ClH/c1-26(24)19-13-17-9-11-25-21(17)18(14-19)12-16-8-5-10-23(22)20(16)15-6-3-2-4-7-15;/h2-4,6-7,13-14,16,20H,5,8-12,22H2,1H3;1H/t16-,20+,26?;/m0./s1. The topological polar surface area (TPSA) is 55.6 Å². The maximum atomic E-state index is 12.1. The van der Waals surface area contributed by atoms with Crippen LogP contribution >= 0.6 is 12.4 Å². The SMILES string of the molecule is CS(=O)c1cc2c(c(C[C@@H]3CCCN(N)[C@@H]3c3ccccc3)c1)OCC2.Cl. The van der Waals surface area contributed by atoms with E-state index in [4.69, 9.17) is 10.6 Å². The van der Waals surface area contributed by atoms with Crippen LogP contribution in [0.15, 0.2) is 47.4 Å². The largest absolute Gasteiger partial charge is 0.493 e. The molecule has 27 heavy (non-hydrogen) atoms. The molecule has 0 saturated carbocycles. The van der Waals surface area contributed by atoms with Gasteiger partial charge in [-0.1, -0.05) is 30.3 Å². The molecule has 1 fully saturated rings. The van der Waals surface area contributed by atoms with Gasteiger partial charge in [0.1, 0.15) is 5.75 Å². The minimum Gasteiger partial charge on any atom is -0.493 e. The van der Waals surface area contributed by atoms with Crippen LogP contribution in [0.5, 0.6) is 5.75 Å². The van der Waals surface area contributed by atoms with Crippen LogP contribution in [0.25, 0.3) is 0 Å². The Balaban J connectivity index is 0.00000210. The molecule has 0 spiro atoms. The van der Waals surface area contributed by atoms with Gasteiger partial charge < -0.3 is 4.74 Å². The van der Waals surface area contributed by atoms with E-state index in [9.17, 15) is 4.21 Å². The predicted octanol–water partition coefficient (Wildman–Crippen LogP) is 3.65. The van der Waals surface area contributed by atoms with Crippen molar-refractivity contribution in [1.82, 2.24) is 5.01 Å². The Kier molecular flexibility index (Phi) is 6.58. The average Bonchev–Trinajstić information content (AvgIpc) is 3.11. The lowest BCUT2D eigenvalue weighted by Crippen LogP contribution is -2.44. The highest BCUT2D eigenvalue weighted by Gasteiger charge is 2.32. The third kappa shape index (κ3) is 4.21. The molecule has 2 heterocycles. The summed E-state index contributed by atoms with van der Waals surface area (Å²) in [6, 6.07) is 14.9.